The van der Waals surface area contributed by atoms with Gasteiger partial charge in [0.25, 0.3) is 0 Å². The largest absolute Gasteiger partial charge is 0.497 e. The Hall–Kier alpha value is -2.94. The van der Waals surface area contributed by atoms with Gasteiger partial charge >= 0.3 is 0 Å². The van der Waals surface area contributed by atoms with Crippen molar-refractivity contribution in [1.82, 2.24) is 9.47 Å². The molecule has 1 aliphatic rings. The maximum absolute atomic E-state index is 13.9. The highest BCUT2D eigenvalue weighted by atomic mass is 32.1. The predicted octanol–water partition coefficient (Wildman–Crippen LogP) is 5.37. The Labute approximate surface area is 201 Å². The normalized spacial score (nSPS) is 15.3. The summed E-state index contributed by atoms with van der Waals surface area (Å²) in [4.78, 5) is 8.25. The Kier molecular flexibility index (Phi) is 6.80. The monoisotopic (exact) mass is 481 g/mol. The van der Waals surface area contributed by atoms with Crippen LogP contribution in [0, 0.1) is 12.7 Å². The molecule has 0 N–H and O–H groups in total. The lowest BCUT2D eigenvalue weighted by Crippen LogP contribution is -2.37. The zero-order valence-electron chi connectivity index (χ0n) is 19.4. The van der Waals surface area contributed by atoms with E-state index in [1.54, 1.807) is 24.5 Å². The molecular weight excluding hydrogens is 453 g/mol. The third-order valence-corrected chi connectivity index (χ3v) is 7.05. The van der Waals surface area contributed by atoms with Gasteiger partial charge in [-0.3, -0.25) is 4.90 Å². The van der Waals surface area contributed by atoms with Crippen molar-refractivity contribution in [2.45, 2.75) is 19.9 Å². The average Bonchev–Trinajstić information content (AvgIpc) is 3.40. The van der Waals surface area contributed by atoms with Gasteiger partial charge in [0.2, 0.25) is 0 Å². The summed E-state index contributed by atoms with van der Waals surface area (Å²) in [5, 5.41) is 2.88. The summed E-state index contributed by atoms with van der Waals surface area (Å²) in [6, 6.07) is 12.4. The number of aromatic nitrogens is 1. The number of ether oxygens (including phenoxy) is 2. The van der Waals surface area contributed by atoms with E-state index < -0.39 is 0 Å². The minimum absolute atomic E-state index is 0.262. The Balaban J connectivity index is 1.51. The summed E-state index contributed by atoms with van der Waals surface area (Å²) in [5.41, 5.74) is 3.45. The molecule has 0 atom stereocenters. The van der Waals surface area contributed by atoms with Crippen molar-refractivity contribution in [3.8, 4) is 17.2 Å². The third kappa shape index (κ3) is 4.80. The number of aryl methyl sites for hydroxylation is 1. The molecule has 0 saturated carbocycles. The minimum Gasteiger partial charge on any atom is -0.497 e. The Morgan fingerprint density at radius 3 is 2.65 bits per heavy atom. The first-order valence-corrected chi connectivity index (χ1v) is 12.4. The van der Waals surface area contributed by atoms with Gasteiger partial charge in [-0.25, -0.2) is 9.38 Å². The third-order valence-electron chi connectivity index (χ3n) is 6.19. The van der Waals surface area contributed by atoms with Gasteiger partial charge in [-0.1, -0.05) is 0 Å². The quantitative estimate of drug-likeness (QED) is 0.356. The summed E-state index contributed by atoms with van der Waals surface area (Å²) < 4.78 is 33.0. The summed E-state index contributed by atoms with van der Waals surface area (Å²) in [5.74, 6) is 1.30. The molecule has 1 fully saturated rings. The van der Waals surface area contributed by atoms with E-state index in [9.17, 15) is 4.39 Å². The first-order valence-electron chi connectivity index (χ1n) is 11.5. The predicted molar refractivity (Wildman–Crippen MR) is 132 cm³/mol. The highest BCUT2D eigenvalue weighted by molar-refractivity contribution is 7.07. The second kappa shape index (κ2) is 10.1. The Bertz CT molecular complexity index is 1330. The summed E-state index contributed by atoms with van der Waals surface area (Å²) >= 11 is 1.58. The molecule has 1 saturated heterocycles. The first-order chi connectivity index (χ1) is 16.6. The molecular formula is C26H28FN3O3S. The molecule has 0 unspecified atom stereocenters. The van der Waals surface area contributed by atoms with Crippen LogP contribution < -0.4 is 9.54 Å². The number of rotatable bonds is 7. The molecule has 2 aromatic carbocycles. The van der Waals surface area contributed by atoms with Gasteiger partial charge in [0.1, 0.15) is 17.1 Å². The zero-order valence-corrected chi connectivity index (χ0v) is 20.2. The smallest absolute Gasteiger partial charge is 0.190 e. The number of halogens is 1. The standard InChI is InChI=1S/C26H28FN3O3S/c1-18-22-16-19(27)4-9-24(22)33-25(18)23-17-34-26(28-20-5-7-21(31-2)8-6-20)30(23)11-3-10-29-12-14-32-15-13-29/h4-9,16-17H,3,10-15H2,1-2H3. The van der Waals surface area contributed by atoms with E-state index in [2.05, 4.69) is 14.8 Å². The van der Waals surface area contributed by atoms with E-state index >= 15 is 0 Å². The number of thiazole rings is 1. The van der Waals surface area contributed by atoms with Crippen molar-refractivity contribution in [2.24, 2.45) is 4.99 Å². The fourth-order valence-corrected chi connectivity index (χ4v) is 5.23. The van der Waals surface area contributed by atoms with Crippen LogP contribution >= 0.6 is 11.3 Å². The highest BCUT2D eigenvalue weighted by Crippen LogP contribution is 2.34. The Morgan fingerprint density at radius 1 is 1.09 bits per heavy atom. The summed E-state index contributed by atoms with van der Waals surface area (Å²) in [7, 11) is 1.65. The number of furan rings is 1. The van der Waals surface area contributed by atoms with Crippen LogP contribution in [0.15, 0.2) is 57.3 Å². The first kappa shape index (κ1) is 22.8. The van der Waals surface area contributed by atoms with Crippen molar-refractivity contribution in [3.63, 3.8) is 0 Å². The SMILES string of the molecule is COc1ccc(N=c2scc(-c3oc4ccc(F)cc4c3C)n2CCCN2CCOCC2)cc1. The molecule has 8 heteroatoms. The van der Waals surface area contributed by atoms with Crippen LogP contribution in [0.2, 0.25) is 0 Å². The van der Waals surface area contributed by atoms with Gasteiger partial charge in [-0.15, -0.1) is 11.3 Å². The summed E-state index contributed by atoms with van der Waals surface area (Å²) in [6.07, 6.45) is 0.980. The molecule has 0 radical (unpaired) electrons. The van der Waals surface area contributed by atoms with Crippen molar-refractivity contribution >= 4 is 28.0 Å². The van der Waals surface area contributed by atoms with Crippen LogP contribution in [0.5, 0.6) is 5.75 Å². The molecule has 0 amide bonds. The second-order valence-electron chi connectivity index (χ2n) is 8.37. The Morgan fingerprint density at radius 2 is 1.88 bits per heavy atom. The van der Waals surface area contributed by atoms with Crippen LogP contribution in [0.25, 0.3) is 22.4 Å². The molecule has 178 valence electrons. The molecule has 2 aromatic heterocycles. The van der Waals surface area contributed by atoms with Crippen molar-refractivity contribution in [3.05, 3.63) is 64.0 Å². The number of fused-ring (bicyclic) bond motifs is 1. The van der Waals surface area contributed by atoms with Gasteiger partial charge in [0, 0.05) is 42.5 Å². The number of nitrogens with zero attached hydrogens (tertiary/aromatic N) is 3. The van der Waals surface area contributed by atoms with Gasteiger partial charge < -0.3 is 18.5 Å². The van der Waals surface area contributed by atoms with Gasteiger partial charge in [-0.2, -0.15) is 0 Å². The number of hydrogen-bond acceptors (Lipinski definition) is 6. The van der Waals surface area contributed by atoms with E-state index in [0.29, 0.717) is 5.58 Å². The molecule has 4 aromatic rings. The molecule has 3 heterocycles. The second-order valence-corrected chi connectivity index (χ2v) is 9.21. The minimum atomic E-state index is -0.262. The fourth-order valence-electron chi connectivity index (χ4n) is 4.30. The van der Waals surface area contributed by atoms with Crippen molar-refractivity contribution in [1.29, 1.82) is 0 Å². The molecule has 5 rings (SSSR count). The maximum Gasteiger partial charge on any atom is 0.190 e. The lowest BCUT2D eigenvalue weighted by Gasteiger charge is -2.26. The molecule has 0 bridgehead atoms. The van der Waals surface area contributed by atoms with Gasteiger partial charge in [0.05, 0.1) is 31.7 Å². The van der Waals surface area contributed by atoms with Crippen molar-refractivity contribution in [2.75, 3.05) is 40.0 Å². The van der Waals surface area contributed by atoms with Crippen LogP contribution in [-0.2, 0) is 11.3 Å². The lowest BCUT2D eigenvalue weighted by atomic mass is 10.1. The lowest BCUT2D eigenvalue weighted by molar-refractivity contribution is 0.0369. The molecule has 1 aliphatic heterocycles. The van der Waals surface area contributed by atoms with Crippen LogP contribution in [-0.4, -0.2) is 49.4 Å². The van der Waals surface area contributed by atoms with Gasteiger partial charge in [-0.05, 0) is 55.8 Å². The van der Waals surface area contributed by atoms with Crippen LogP contribution in [0.3, 0.4) is 0 Å². The van der Waals surface area contributed by atoms with Crippen molar-refractivity contribution < 1.29 is 18.3 Å². The molecule has 0 aliphatic carbocycles. The fraction of sp³-hybridized carbons (Fsp3) is 0.346. The number of morpholine rings is 1. The topological polar surface area (TPSA) is 52.1 Å². The zero-order chi connectivity index (χ0) is 23.5. The van der Waals surface area contributed by atoms with Crippen LogP contribution in [0.4, 0.5) is 10.1 Å². The highest BCUT2D eigenvalue weighted by Gasteiger charge is 2.18. The van der Waals surface area contributed by atoms with E-state index in [1.807, 2.05) is 31.2 Å². The number of hydrogen-bond donors (Lipinski definition) is 0. The molecule has 6 nitrogen and oxygen atoms in total. The van der Waals surface area contributed by atoms with E-state index in [-0.39, 0.29) is 5.82 Å². The van der Waals surface area contributed by atoms with E-state index in [4.69, 9.17) is 18.9 Å². The van der Waals surface area contributed by atoms with Gasteiger partial charge in [0.15, 0.2) is 10.6 Å². The van der Waals surface area contributed by atoms with E-state index in [0.717, 1.165) is 84.5 Å². The maximum atomic E-state index is 13.9. The number of methoxy groups -OCH3 is 1. The van der Waals surface area contributed by atoms with Crippen LogP contribution in [0.1, 0.15) is 12.0 Å². The van der Waals surface area contributed by atoms with E-state index in [1.165, 1.54) is 12.1 Å². The molecule has 0 spiro atoms. The summed E-state index contributed by atoms with van der Waals surface area (Å²) in [6.45, 7) is 7.31. The number of benzene rings is 2. The molecule has 34 heavy (non-hydrogen) atoms. The average molecular weight is 482 g/mol.